The summed E-state index contributed by atoms with van der Waals surface area (Å²) < 4.78 is 4.90. The van der Waals surface area contributed by atoms with Gasteiger partial charge in [0.1, 0.15) is 0 Å². The summed E-state index contributed by atoms with van der Waals surface area (Å²) in [7, 11) is 0. The van der Waals surface area contributed by atoms with Crippen LogP contribution in [0.15, 0.2) is 155 Å². The Hall–Kier alpha value is -4.16. The summed E-state index contributed by atoms with van der Waals surface area (Å²) in [6.45, 7) is 14.3. The van der Waals surface area contributed by atoms with Crippen LogP contribution in [-0.2, 0) is 44.9 Å². The Labute approximate surface area is 335 Å². The summed E-state index contributed by atoms with van der Waals surface area (Å²) in [4.78, 5) is 0. The van der Waals surface area contributed by atoms with E-state index in [1.807, 2.05) is 0 Å². The van der Waals surface area contributed by atoms with Crippen molar-refractivity contribution in [2.45, 2.75) is 71.6 Å². The molecular weight excluding hydrogens is 751 g/mol. The molecular formula is C52H49ClZr. The zero-order valence-corrected chi connectivity index (χ0v) is 35.6. The third-order valence-electron chi connectivity index (χ3n) is 11.2. The summed E-state index contributed by atoms with van der Waals surface area (Å²) in [5, 5.41) is 0.782. The van der Waals surface area contributed by atoms with Gasteiger partial charge in [-0.05, 0) is 0 Å². The first-order valence-corrected chi connectivity index (χ1v) is 23.4. The van der Waals surface area contributed by atoms with Crippen LogP contribution >= 0.6 is 11.6 Å². The van der Waals surface area contributed by atoms with Gasteiger partial charge in [0, 0.05) is 0 Å². The number of hydrogen-bond acceptors (Lipinski definition) is 0. The molecule has 0 nitrogen and oxygen atoms in total. The Bertz CT molecular complexity index is 2430. The molecule has 0 saturated heterocycles. The second kappa shape index (κ2) is 14.8. The fourth-order valence-corrected chi connectivity index (χ4v) is 17.2. The van der Waals surface area contributed by atoms with Crippen LogP contribution in [0, 0.1) is 0 Å². The molecule has 0 amide bonds. The number of fused-ring (bicyclic) bond motifs is 3. The van der Waals surface area contributed by atoms with Crippen molar-refractivity contribution in [3.63, 3.8) is 0 Å². The van der Waals surface area contributed by atoms with Crippen molar-refractivity contribution in [1.82, 2.24) is 0 Å². The summed E-state index contributed by atoms with van der Waals surface area (Å²) in [6, 6.07) is 49.9. The van der Waals surface area contributed by atoms with Crippen molar-refractivity contribution in [3.05, 3.63) is 193 Å². The number of hydrogen-bond donors (Lipinski definition) is 0. The van der Waals surface area contributed by atoms with Crippen molar-refractivity contribution in [1.29, 1.82) is 0 Å². The normalized spacial score (nSPS) is 14.1. The van der Waals surface area contributed by atoms with Gasteiger partial charge in [0.25, 0.3) is 0 Å². The molecule has 0 unspecified atom stereocenters. The van der Waals surface area contributed by atoms with Crippen LogP contribution in [0.4, 0.5) is 0 Å². The molecule has 2 aliphatic carbocycles. The van der Waals surface area contributed by atoms with E-state index < -0.39 is 21.3 Å². The molecule has 6 aromatic rings. The third kappa shape index (κ3) is 7.19. The van der Waals surface area contributed by atoms with Crippen molar-refractivity contribution < 1.29 is 21.3 Å². The average molecular weight is 801 g/mol. The van der Waals surface area contributed by atoms with Crippen molar-refractivity contribution in [2.24, 2.45) is 0 Å². The van der Waals surface area contributed by atoms with Crippen molar-refractivity contribution in [2.75, 3.05) is 0 Å². The second-order valence-electron chi connectivity index (χ2n) is 17.0. The molecule has 0 atom stereocenters. The molecule has 0 radical (unpaired) electrons. The molecule has 6 aromatic carbocycles. The van der Waals surface area contributed by atoms with Crippen LogP contribution in [0.3, 0.4) is 0 Å². The van der Waals surface area contributed by atoms with E-state index in [9.17, 15) is 0 Å². The van der Waals surface area contributed by atoms with Crippen molar-refractivity contribution >= 4 is 18.1 Å². The fourth-order valence-electron chi connectivity index (χ4n) is 8.55. The molecule has 0 aliphatic heterocycles. The summed E-state index contributed by atoms with van der Waals surface area (Å²) in [5.74, 6) is 0. The SMILES string of the molecule is CC(C)(C)c1cc2c(cc1-c1ccccc1)Cc1c-2cc(C(C)(C)C)c(-c2ccccc2)[c]1/[Zr]([C]1=CC=CC1)=[C](/Cc1ccccc1)c1ccc(Cl)cc1. The quantitative estimate of drug-likeness (QED) is 0.151. The molecule has 0 aromatic heterocycles. The van der Waals surface area contributed by atoms with Crippen LogP contribution < -0.4 is 3.27 Å². The predicted molar refractivity (Wildman–Crippen MR) is 230 cm³/mol. The van der Waals surface area contributed by atoms with Crippen LogP contribution in [-0.4, -0.2) is 3.21 Å². The molecule has 0 spiro atoms. The number of benzene rings is 6. The first-order chi connectivity index (χ1) is 26.0. The summed E-state index contributed by atoms with van der Waals surface area (Å²) >= 11 is 3.59. The van der Waals surface area contributed by atoms with Gasteiger partial charge in [0.2, 0.25) is 0 Å². The first-order valence-electron chi connectivity index (χ1n) is 19.4. The van der Waals surface area contributed by atoms with Gasteiger partial charge in [-0.1, -0.05) is 0 Å². The van der Waals surface area contributed by atoms with E-state index in [-0.39, 0.29) is 10.8 Å². The van der Waals surface area contributed by atoms with E-state index in [0.29, 0.717) is 0 Å². The minimum atomic E-state index is -3.00. The predicted octanol–water partition coefficient (Wildman–Crippen LogP) is 13.4. The second-order valence-corrected chi connectivity index (χ2v) is 23.6. The minimum absolute atomic E-state index is 0.0188. The van der Waals surface area contributed by atoms with E-state index in [0.717, 1.165) is 24.3 Å². The van der Waals surface area contributed by atoms with Gasteiger partial charge < -0.3 is 0 Å². The van der Waals surface area contributed by atoms with Crippen LogP contribution in [0.5, 0.6) is 0 Å². The first kappa shape index (κ1) is 36.8. The molecule has 0 heterocycles. The third-order valence-corrected chi connectivity index (χ3v) is 19.1. The summed E-state index contributed by atoms with van der Waals surface area (Å²) in [5.41, 5.74) is 16.7. The van der Waals surface area contributed by atoms with Gasteiger partial charge in [-0.2, -0.15) is 0 Å². The van der Waals surface area contributed by atoms with Gasteiger partial charge in [-0.3, -0.25) is 0 Å². The molecule has 0 N–H and O–H groups in total. The van der Waals surface area contributed by atoms with Crippen LogP contribution in [0.25, 0.3) is 33.4 Å². The Morgan fingerprint density at radius 3 is 1.81 bits per heavy atom. The van der Waals surface area contributed by atoms with E-state index in [1.165, 1.54) is 61.2 Å². The topological polar surface area (TPSA) is 0 Å². The molecule has 2 heteroatoms. The molecule has 0 bridgehead atoms. The Kier molecular flexibility index (Phi) is 10.1. The van der Waals surface area contributed by atoms with Gasteiger partial charge in [0.15, 0.2) is 0 Å². The Morgan fingerprint density at radius 1 is 0.630 bits per heavy atom. The molecule has 8 rings (SSSR count). The number of rotatable bonds is 7. The van der Waals surface area contributed by atoms with E-state index in [1.54, 1.807) is 15.3 Å². The number of allylic oxidation sites excluding steroid dienone is 4. The molecule has 0 fully saturated rings. The van der Waals surface area contributed by atoms with Gasteiger partial charge in [-0.15, -0.1) is 0 Å². The maximum absolute atomic E-state index is 6.59. The van der Waals surface area contributed by atoms with Gasteiger partial charge in [-0.25, -0.2) is 0 Å². The maximum atomic E-state index is 6.59. The molecule has 2 aliphatic rings. The van der Waals surface area contributed by atoms with E-state index in [2.05, 4.69) is 193 Å². The molecule has 0 saturated carbocycles. The number of halogens is 1. The molecule has 54 heavy (non-hydrogen) atoms. The van der Waals surface area contributed by atoms with Crippen molar-refractivity contribution in [3.8, 4) is 33.4 Å². The Morgan fingerprint density at radius 2 is 1.22 bits per heavy atom. The van der Waals surface area contributed by atoms with Crippen LogP contribution in [0.2, 0.25) is 5.02 Å². The zero-order chi connectivity index (χ0) is 37.6. The monoisotopic (exact) mass is 798 g/mol. The zero-order valence-electron chi connectivity index (χ0n) is 32.4. The Balaban J connectivity index is 1.53. The standard InChI is InChI=1S/C33H33.C14H11Cl.C5H5.Zr/c1-32(2,3)30-20-26-24(18-28(30)22-13-9-7-10-14-22)17-25-19-29(23-15-11-8-12-16-23)31(21-27(25)26)33(4,5)6;15-14-10-8-13(9-11-14)7-6-12-4-2-1-3-5-12;1-2-4-5-3-1;/h7-16,18,20-21H,17H2,1-6H3;1-5,8-11H,6H2;1-3H,4H2;. The van der Waals surface area contributed by atoms with E-state index in [4.69, 9.17) is 11.6 Å². The fraction of sp³-hybridized carbons (Fsp3) is 0.212. The average Bonchev–Trinajstić information content (AvgIpc) is 3.83. The molecule has 268 valence electrons. The van der Waals surface area contributed by atoms with Gasteiger partial charge >= 0.3 is 338 Å². The van der Waals surface area contributed by atoms with Crippen LogP contribution in [0.1, 0.15) is 81.3 Å². The van der Waals surface area contributed by atoms with Gasteiger partial charge in [0.05, 0.1) is 0 Å². The summed E-state index contributed by atoms with van der Waals surface area (Å²) in [6.07, 6.45) is 10.1. The van der Waals surface area contributed by atoms with E-state index >= 15 is 0 Å².